The molecule has 0 spiro atoms. The Morgan fingerprint density at radius 3 is 2.71 bits per heavy atom. The topological polar surface area (TPSA) is 125 Å². The molecule has 0 atom stereocenters. The molecule has 1 heterocycles. The first-order valence-corrected chi connectivity index (χ1v) is 7.49. The van der Waals surface area contributed by atoms with E-state index in [2.05, 4.69) is 0 Å². The van der Waals surface area contributed by atoms with Crippen LogP contribution in [-0.2, 0) is 16.0 Å². The highest BCUT2D eigenvalue weighted by Gasteiger charge is 2.27. The number of nitrogens with two attached hydrogens (primary N) is 2. The second-order valence-electron chi connectivity index (χ2n) is 5.17. The van der Waals surface area contributed by atoms with E-state index < -0.39 is 11.8 Å². The number of nitrogens with one attached hydrogen (secondary N) is 1. The lowest BCUT2D eigenvalue weighted by Crippen LogP contribution is -2.41. The molecule has 2 amide bonds. The molecule has 0 radical (unpaired) electrons. The maximum atomic E-state index is 12.0. The van der Waals surface area contributed by atoms with Crippen LogP contribution in [0.25, 0.3) is 0 Å². The zero-order valence-electron chi connectivity index (χ0n) is 12.8. The molecule has 0 saturated carbocycles. The Balaban J connectivity index is 2.30. The van der Waals surface area contributed by atoms with Crippen molar-refractivity contribution >= 4 is 23.4 Å². The van der Waals surface area contributed by atoms with E-state index in [0.29, 0.717) is 23.7 Å². The first-order chi connectivity index (χ1) is 11.4. The molecule has 5 N–H and O–H groups in total. The third kappa shape index (κ3) is 3.86. The lowest BCUT2D eigenvalue weighted by molar-refractivity contribution is -0.119. The van der Waals surface area contributed by atoms with Gasteiger partial charge in [0.05, 0.1) is 12.1 Å². The minimum atomic E-state index is -0.763. The molecule has 0 aliphatic carbocycles. The van der Waals surface area contributed by atoms with Gasteiger partial charge in [-0.05, 0) is 24.1 Å². The van der Waals surface area contributed by atoms with Crippen LogP contribution >= 0.6 is 11.6 Å². The highest BCUT2D eigenvalue weighted by atomic mass is 35.5. The number of nitriles is 1. The Kier molecular flexibility index (Phi) is 5.45. The minimum absolute atomic E-state index is 0.0213. The van der Waals surface area contributed by atoms with Crippen molar-refractivity contribution in [1.82, 2.24) is 10.2 Å². The summed E-state index contributed by atoms with van der Waals surface area (Å²) in [6.45, 7) is 0.645. The molecule has 1 aliphatic heterocycles. The van der Waals surface area contributed by atoms with Gasteiger partial charge < -0.3 is 16.4 Å². The second kappa shape index (κ2) is 7.53. The summed E-state index contributed by atoms with van der Waals surface area (Å²) < 4.78 is 0. The zero-order valence-corrected chi connectivity index (χ0v) is 13.5. The molecule has 7 nitrogen and oxygen atoms in total. The van der Waals surface area contributed by atoms with Crippen molar-refractivity contribution in [3.8, 4) is 6.19 Å². The van der Waals surface area contributed by atoms with Gasteiger partial charge in [-0.1, -0.05) is 29.8 Å². The number of amides is 2. The SMILES string of the molecule is N#CNC(=O)C1=C(C(N)=O)N(CCc2ccccc2Cl)CC(N)=C1. The third-order valence-electron chi connectivity index (χ3n) is 3.53. The van der Waals surface area contributed by atoms with E-state index in [4.69, 9.17) is 28.3 Å². The van der Waals surface area contributed by atoms with Crippen molar-refractivity contribution in [3.63, 3.8) is 0 Å². The number of hydrogen-bond donors (Lipinski definition) is 3. The molecule has 0 bridgehead atoms. The van der Waals surface area contributed by atoms with Crippen molar-refractivity contribution in [2.75, 3.05) is 13.1 Å². The summed E-state index contributed by atoms with van der Waals surface area (Å²) in [7, 11) is 0. The maximum absolute atomic E-state index is 12.0. The molecule has 124 valence electrons. The van der Waals surface area contributed by atoms with E-state index in [-0.39, 0.29) is 17.8 Å². The zero-order chi connectivity index (χ0) is 17.7. The number of carbonyl (C=O) groups is 2. The molecular weight excluding hydrogens is 330 g/mol. The largest absolute Gasteiger partial charge is 0.401 e. The average molecular weight is 346 g/mol. The first-order valence-electron chi connectivity index (χ1n) is 7.12. The Morgan fingerprint density at radius 1 is 1.38 bits per heavy atom. The molecule has 1 aliphatic rings. The van der Waals surface area contributed by atoms with Crippen LogP contribution in [0.15, 0.2) is 47.3 Å². The monoisotopic (exact) mass is 345 g/mol. The van der Waals surface area contributed by atoms with Gasteiger partial charge in [0.25, 0.3) is 11.8 Å². The number of primary amides is 1. The molecular formula is C16H16ClN5O2. The van der Waals surface area contributed by atoms with Crippen LogP contribution in [0.3, 0.4) is 0 Å². The third-order valence-corrected chi connectivity index (χ3v) is 3.90. The standard InChI is InChI=1S/C16H16ClN5O2/c17-13-4-2-1-3-10(13)5-6-22-8-11(19)7-12(14(22)15(20)23)16(24)21-9-18/h1-4,7H,5-6,8,19H2,(H2,20,23)(H,21,24). The summed E-state index contributed by atoms with van der Waals surface area (Å²) in [6, 6.07) is 7.34. The number of halogens is 1. The molecule has 8 heteroatoms. The molecule has 0 unspecified atom stereocenters. The molecule has 0 fully saturated rings. The van der Waals surface area contributed by atoms with Crippen molar-refractivity contribution in [2.24, 2.45) is 11.5 Å². The Bertz CT molecular complexity index is 779. The molecule has 24 heavy (non-hydrogen) atoms. The van der Waals surface area contributed by atoms with Gasteiger partial charge in [0.2, 0.25) is 0 Å². The molecule has 0 saturated heterocycles. The molecule has 0 aromatic heterocycles. The number of rotatable bonds is 5. The van der Waals surface area contributed by atoms with E-state index in [1.165, 1.54) is 12.3 Å². The van der Waals surface area contributed by atoms with Crippen LogP contribution in [0, 0.1) is 11.5 Å². The van der Waals surface area contributed by atoms with Gasteiger partial charge in [0.1, 0.15) is 5.70 Å². The second-order valence-corrected chi connectivity index (χ2v) is 5.58. The fourth-order valence-electron chi connectivity index (χ4n) is 2.50. The van der Waals surface area contributed by atoms with Crippen molar-refractivity contribution in [3.05, 3.63) is 57.9 Å². The Morgan fingerprint density at radius 2 is 2.08 bits per heavy atom. The average Bonchev–Trinajstić information content (AvgIpc) is 2.53. The quantitative estimate of drug-likeness (QED) is 0.525. The summed E-state index contributed by atoms with van der Waals surface area (Å²) in [6.07, 6.45) is 3.43. The van der Waals surface area contributed by atoms with E-state index in [0.717, 1.165) is 5.56 Å². The number of nitrogens with zero attached hydrogens (tertiary/aromatic N) is 2. The molecule has 2 rings (SSSR count). The highest BCUT2D eigenvalue weighted by molar-refractivity contribution is 6.31. The highest BCUT2D eigenvalue weighted by Crippen LogP contribution is 2.22. The fourth-order valence-corrected chi connectivity index (χ4v) is 2.73. The predicted octanol–water partition coefficient (Wildman–Crippen LogP) is 0.377. The van der Waals surface area contributed by atoms with Crippen LogP contribution in [-0.4, -0.2) is 29.8 Å². The van der Waals surface area contributed by atoms with Gasteiger partial charge in [-0.2, -0.15) is 5.26 Å². The number of carbonyl (C=O) groups excluding carboxylic acids is 2. The Hall–Kier alpha value is -2.98. The van der Waals surface area contributed by atoms with E-state index in [1.54, 1.807) is 11.0 Å². The van der Waals surface area contributed by atoms with Crippen LogP contribution in [0.2, 0.25) is 5.02 Å². The Labute approximate surface area is 144 Å². The normalized spacial score (nSPS) is 14.0. The summed E-state index contributed by atoms with van der Waals surface area (Å²) in [5.74, 6) is -1.49. The van der Waals surface area contributed by atoms with Crippen LogP contribution < -0.4 is 16.8 Å². The summed E-state index contributed by atoms with van der Waals surface area (Å²) >= 11 is 6.13. The minimum Gasteiger partial charge on any atom is -0.401 e. The lowest BCUT2D eigenvalue weighted by atomic mass is 10.0. The van der Waals surface area contributed by atoms with Crippen LogP contribution in [0.5, 0.6) is 0 Å². The summed E-state index contributed by atoms with van der Waals surface area (Å²) in [5, 5.41) is 11.2. The van der Waals surface area contributed by atoms with Crippen molar-refractivity contribution < 1.29 is 9.59 Å². The van der Waals surface area contributed by atoms with Gasteiger partial charge in [-0.3, -0.25) is 14.9 Å². The molecule has 1 aromatic rings. The van der Waals surface area contributed by atoms with Crippen LogP contribution in [0.4, 0.5) is 0 Å². The van der Waals surface area contributed by atoms with E-state index in [1.807, 2.05) is 23.5 Å². The number of benzene rings is 1. The fraction of sp³-hybridized carbons (Fsp3) is 0.188. The summed E-state index contributed by atoms with van der Waals surface area (Å²) in [5.41, 5.74) is 12.6. The van der Waals surface area contributed by atoms with Gasteiger partial charge in [0.15, 0.2) is 6.19 Å². The van der Waals surface area contributed by atoms with Gasteiger partial charge in [0, 0.05) is 17.3 Å². The van der Waals surface area contributed by atoms with Crippen molar-refractivity contribution in [2.45, 2.75) is 6.42 Å². The van der Waals surface area contributed by atoms with Crippen molar-refractivity contribution in [1.29, 1.82) is 5.26 Å². The number of hydrogen-bond acceptors (Lipinski definition) is 5. The van der Waals surface area contributed by atoms with Gasteiger partial charge >= 0.3 is 0 Å². The molecule has 1 aromatic carbocycles. The van der Waals surface area contributed by atoms with E-state index in [9.17, 15) is 9.59 Å². The predicted molar refractivity (Wildman–Crippen MR) is 89.0 cm³/mol. The van der Waals surface area contributed by atoms with Gasteiger partial charge in [-0.25, -0.2) is 0 Å². The van der Waals surface area contributed by atoms with E-state index >= 15 is 0 Å². The van der Waals surface area contributed by atoms with Gasteiger partial charge in [-0.15, -0.1) is 0 Å². The lowest BCUT2D eigenvalue weighted by Gasteiger charge is -2.30. The summed E-state index contributed by atoms with van der Waals surface area (Å²) in [4.78, 5) is 25.4. The first kappa shape index (κ1) is 17.4. The maximum Gasteiger partial charge on any atom is 0.266 e. The van der Waals surface area contributed by atoms with Crippen LogP contribution in [0.1, 0.15) is 5.56 Å². The smallest absolute Gasteiger partial charge is 0.266 e.